The summed E-state index contributed by atoms with van der Waals surface area (Å²) < 4.78 is 38.4. The Balaban J connectivity index is 2.35. The van der Waals surface area contributed by atoms with Crippen molar-refractivity contribution < 1.29 is 18.3 Å². The third-order valence-corrected chi connectivity index (χ3v) is 4.01. The maximum absolute atomic E-state index is 12.8. The highest BCUT2D eigenvalue weighted by atomic mass is 19.4. The molecule has 0 radical (unpaired) electrons. The van der Waals surface area contributed by atoms with Crippen LogP contribution in [-0.4, -0.2) is 29.5 Å². The fourth-order valence-corrected chi connectivity index (χ4v) is 2.92. The molecular weight excluding hydrogens is 281 g/mol. The molecule has 1 aromatic carbocycles. The molecule has 1 fully saturated rings. The Kier molecular flexibility index (Phi) is 4.15. The maximum atomic E-state index is 12.8. The highest BCUT2D eigenvalue weighted by Gasteiger charge is 2.48. The zero-order valence-corrected chi connectivity index (χ0v) is 11.9. The van der Waals surface area contributed by atoms with E-state index in [4.69, 9.17) is 6.57 Å². The van der Waals surface area contributed by atoms with Crippen molar-refractivity contribution in [2.75, 3.05) is 4.90 Å². The van der Waals surface area contributed by atoms with Crippen LogP contribution >= 0.6 is 0 Å². The van der Waals surface area contributed by atoms with Crippen molar-refractivity contribution in [2.24, 2.45) is 0 Å². The van der Waals surface area contributed by atoms with Crippen LogP contribution < -0.4 is 4.90 Å². The number of hydrogen-bond acceptors (Lipinski definition) is 2. The van der Waals surface area contributed by atoms with E-state index in [9.17, 15) is 18.3 Å². The Labute approximate surface area is 121 Å². The lowest BCUT2D eigenvalue weighted by Crippen LogP contribution is -2.48. The molecule has 0 amide bonds. The first kappa shape index (κ1) is 15.6. The van der Waals surface area contributed by atoms with Gasteiger partial charge in [-0.2, -0.15) is 13.2 Å². The van der Waals surface area contributed by atoms with E-state index in [1.54, 1.807) is 30.0 Å². The SMILES string of the molecule is [C-]#[N+]c1ccc(N2[C@H](C)CC[C@@H]2[C@H](O)C(F)(F)F)cc1C. The molecule has 0 aromatic heterocycles. The summed E-state index contributed by atoms with van der Waals surface area (Å²) in [6, 6.07) is 3.92. The second kappa shape index (κ2) is 5.57. The van der Waals surface area contributed by atoms with Gasteiger partial charge in [-0.3, -0.25) is 0 Å². The van der Waals surface area contributed by atoms with E-state index < -0.39 is 18.3 Å². The number of nitrogens with zero attached hydrogens (tertiary/aromatic N) is 2. The van der Waals surface area contributed by atoms with Crippen LogP contribution in [0, 0.1) is 13.5 Å². The van der Waals surface area contributed by atoms with E-state index >= 15 is 0 Å². The topological polar surface area (TPSA) is 27.8 Å². The molecule has 6 heteroatoms. The minimum Gasteiger partial charge on any atom is -0.382 e. The van der Waals surface area contributed by atoms with Gasteiger partial charge in [0.2, 0.25) is 0 Å². The molecule has 0 unspecified atom stereocenters. The van der Waals surface area contributed by atoms with Crippen molar-refractivity contribution >= 4 is 11.4 Å². The molecule has 21 heavy (non-hydrogen) atoms. The Bertz CT molecular complexity index is 565. The van der Waals surface area contributed by atoms with Crippen molar-refractivity contribution in [2.45, 2.75) is 51.1 Å². The number of aryl methyl sites for hydroxylation is 1. The number of halogens is 3. The molecule has 3 atom stereocenters. The third-order valence-electron chi connectivity index (χ3n) is 4.01. The predicted octanol–water partition coefficient (Wildman–Crippen LogP) is 3.83. The van der Waals surface area contributed by atoms with Crippen LogP contribution in [0.4, 0.5) is 24.5 Å². The quantitative estimate of drug-likeness (QED) is 0.840. The first-order valence-electron chi connectivity index (χ1n) is 6.77. The largest absolute Gasteiger partial charge is 0.416 e. The Morgan fingerprint density at radius 2 is 2.05 bits per heavy atom. The fourth-order valence-electron chi connectivity index (χ4n) is 2.92. The smallest absolute Gasteiger partial charge is 0.382 e. The van der Waals surface area contributed by atoms with E-state index in [0.717, 1.165) is 5.56 Å². The van der Waals surface area contributed by atoms with E-state index in [-0.39, 0.29) is 6.04 Å². The molecular formula is C15H17F3N2O. The Morgan fingerprint density at radius 1 is 1.38 bits per heavy atom. The summed E-state index contributed by atoms with van der Waals surface area (Å²) in [5, 5.41) is 9.59. The molecule has 2 rings (SSSR count). The number of hydrogen-bond donors (Lipinski definition) is 1. The lowest BCUT2D eigenvalue weighted by Gasteiger charge is -2.34. The standard InChI is InChI=1S/C15H17F3N2O/c1-9-8-11(5-6-12(9)19-3)20-10(2)4-7-13(20)14(21)15(16,17)18/h5-6,8,10,13-14,21H,4,7H2,1-2H3/t10-,13-,14+/m1/s1. The molecule has 1 aliphatic heterocycles. The van der Waals surface area contributed by atoms with Crippen molar-refractivity contribution in [1.29, 1.82) is 0 Å². The third kappa shape index (κ3) is 2.98. The summed E-state index contributed by atoms with van der Waals surface area (Å²) in [6.07, 6.45) is -6.09. The highest BCUT2D eigenvalue weighted by molar-refractivity contribution is 5.62. The molecule has 1 N–H and O–H groups in total. The van der Waals surface area contributed by atoms with Crippen LogP contribution in [0.25, 0.3) is 4.85 Å². The first-order valence-corrected chi connectivity index (χ1v) is 6.77. The van der Waals surface area contributed by atoms with Gasteiger partial charge in [0.1, 0.15) is 0 Å². The lowest BCUT2D eigenvalue weighted by atomic mass is 10.1. The van der Waals surface area contributed by atoms with Gasteiger partial charge in [0.05, 0.1) is 12.6 Å². The van der Waals surface area contributed by atoms with Crippen LogP contribution in [0.2, 0.25) is 0 Å². The van der Waals surface area contributed by atoms with Crippen molar-refractivity contribution in [3.05, 3.63) is 35.2 Å². The van der Waals surface area contributed by atoms with Crippen LogP contribution in [0.5, 0.6) is 0 Å². The maximum Gasteiger partial charge on any atom is 0.416 e. The summed E-state index contributed by atoms with van der Waals surface area (Å²) in [6.45, 7) is 10.6. The van der Waals surface area contributed by atoms with Crippen molar-refractivity contribution in [3.8, 4) is 0 Å². The van der Waals surface area contributed by atoms with Gasteiger partial charge < -0.3 is 10.0 Å². The molecule has 114 valence electrons. The zero-order chi connectivity index (χ0) is 15.8. The minimum atomic E-state index is -4.63. The summed E-state index contributed by atoms with van der Waals surface area (Å²) in [7, 11) is 0. The van der Waals surface area contributed by atoms with Gasteiger partial charge in [0.15, 0.2) is 11.8 Å². The van der Waals surface area contributed by atoms with Crippen LogP contribution in [0.15, 0.2) is 18.2 Å². The summed E-state index contributed by atoms with van der Waals surface area (Å²) in [5.74, 6) is 0. The van der Waals surface area contributed by atoms with Gasteiger partial charge in [0.25, 0.3) is 0 Å². The van der Waals surface area contributed by atoms with Crippen LogP contribution in [0.1, 0.15) is 25.3 Å². The lowest BCUT2D eigenvalue weighted by molar-refractivity contribution is -0.209. The zero-order valence-electron chi connectivity index (χ0n) is 11.9. The van der Waals surface area contributed by atoms with Crippen LogP contribution in [0.3, 0.4) is 0 Å². The minimum absolute atomic E-state index is 0.0785. The average molecular weight is 298 g/mol. The molecule has 1 heterocycles. The van der Waals surface area contributed by atoms with Gasteiger partial charge >= 0.3 is 6.18 Å². The predicted molar refractivity (Wildman–Crippen MR) is 74.5 cm³/mol. The summed E-state index contributed by atoms with van der Waals surface area (Å²) >= 11 is 0. The van der Waals surface area contributed by atoms with Gasteiger partial charge in [-0.1, -0.05) is 6.07 Å². The van der Waals surface area contributed by atoms with Crippen molar-refractivity contribution in [1.82, 2.24) is 0 Å². The molecule has 0 bridgehead atoms. The fraction of sp³-hybridized carbons (Fsp3) is 0.533. The highest BCUT2D eigenvalue weighted by Crippen LogP contribution is 2.38. The first-order chi connectivity index (χ1) is 9.75. The Morgan fingerprint density at radius 3 is 2.57 bits per heavy atom. The summed E-state index contributed by atoms with van der Waals surface area (Å²) in [5.41, 5.74) is 1.83. The molecule has 1 aliphatic rings. The monoisotopic (exact) mass is 298 g/mol. The number of benzene rings is 1. The van der Waals surface area contributed by atoms with E-state index in [1.807, 2.05) is 6.92 Å². The molecule has 3 nitrogen and oxygen atoms in total. The second-order valence-electron chi connectivity index (χ2n) is 5.47. The number of aliphatic hydroxyl groups excluding tert-OH is 1. The molecule has 0 spiro atoms. The van der Waals surface area contributed by atoms with E-state index in [0.29, 0.717) is 24.2 Å². The summed E-state index contributed by atoms with van der Waals surface area (Å²) in [4.78, 5) is 4.98. The molecule has 0 aliphatic carbocycles. The molecule has 1 aromatic rings. The van der Waals surface area contributed by atoms with Crippen molar-refractivity contribution in [3.63, 3.8) is 0 Å². The number of rotatable bonds is 2. The van der Waals surface area contributed by atoms with Crippen LogP contribution in [-0.2, 0) is 0 Å². The van der Waals surface area contributed by atoms with Gasteiger partial charge in [-0.05, 0) is 44.4 Å². The Hall–Kier alpha value is -1.74. The normalized spacial score (nSPS) is 24.0. The number of aliphatic hydroxyl groups is 1. The second-order valence-corrected chi connectivity index (χ2v) is 5.47. The molecule has 0 saturated carbocycles. The van der Waals surface area contributed by atoms with E-state index in [2.05, 4.69) is 4.85 Å². The van der Waals surface area contributed by atoms with Gasteiger partial charge in [-0.25, -0.2) is 4.85 Å². The average Bonchev–Trinajstić information content (AvgIpc) is 2.78. The van der Waals surface area contributed by atoms with Gasteiger partial charge in [-0.15, -0.1) is 0 Å². The molecule has 1 saturated heterocycles. The number of anilines is 1. The van der Waals surface area contributed by atoms with Gasteiger partial charge in [0, 0.05) is 11.7 Å². The van der Waals surface area contributed by atoms with E-state index in [1.165, 1.54) is 0 Å². The number of alkyl halides is 3.